The summed E-state index contributed by atoms with van der Waals surface area (Å²) in [6.07, 6.45) is 0.641. The predicted octanol–water partition coefficient (Wildman–Crippen LogP) is 3.70. The van der Waals surface area contributed by atoms with Crippen LogP contribution < -0.4 is 10.1 Å². The molecule has 10 heteroatoms. The molecule has 0 aliphatic carbocycles. The Morgan fingerprint density at radius 1 is 1.25 bits per heavy atom. The van der Waals surface area contributed by atoms with Crippen LogP contribution in [0.4, 0.5) is 10.8 Å². The molecular weight excluding hydrogens is 446 g/mol. The van der Waals surface area contributed by atoms with Crippen molar-refractivity contribution in [3.05, 3.63) is 52.3 Å². The topological polar surface area (TPSA) is 89.3 Å². The van der Waals surface area contributed by atoms with Crippen LogP contribution in [0.15, 0.2) is 29.6 Å². The van der Waals surface area contributed by atoms with E-state index in [-0.39, 0.29) is 17.5 Å². The highest BCUT2D eigenvalue weighted by Crippen LogP contribution is 2.28. The molecule has 1 unspecified atom stereocenters. The zero-order chi connectivity index (χ0) is 22.9. The second-order valence-corrected chi connectivity index (χ2v) is 11.4. The van der Waals surface area contributed by atoms with Gasteiger partial charge in [-0.25, -0.2) is 13.4 Å². The van der Waals surface area contributed by atoms with Gasteiger partial charge >= 0.3 is 0 Å². The Balaban J connectivity index is 1.38. The van der Waals surface area contributed by atoms with Gasteiger partial charge in [-0.1, -0.05) is 0 Å². The quantitative estimate of drug-likeness (QED) is 0.531. The Morgan fingerprint density at radius 2 is 2.00 bits per heavy atom. The highest BCUT2D eigenvalue weighted by atomic mass is 32.2. The maximum absolute atomic E-state index is 11.9. The number of nitrogens with zero attached hydrogens (tertiary/aromatic N) is 4. The van der Waals surface area contributed by atoms with Gasteiger partial charge in [-0.3, -0.25) is 9.58 Å². The van der Waals surface area contributed by atoms with E-state index in [1.807, 2.05) is 42.8 Å². The molecule has 8 nitrogen and oxygen atoms in total. The van der Waals surface area contributed by atoms with E-state index < -0.39 is 9.84 Å². The number of aryl methyl sites for hydroxylation is 1. The number of rotatable bonds is 8. The van der Waals surface area contributed by atoms with E-state index in [9.17, 15) is 8.42 Å². The van der Waals surface area contributed by atoms with Gasteiger partial charge in [0.15, 0.2) is 15.0 Å². The third-order valence-electron chi connectivity index (χ3n) is 5.78. The van der Waals surface area contributed by atoms with Gasteiger partial charge in [0.2, 0.25) is 0 Å². The van der Waals surface area contributed by atoms with Gasteiger partial charge in [0.25, 0.3) is 0 Å². The summed E-state index contributed by atoms with van der Waals surface area (Å²) < 4.78 is 30.9. The fraction of sp³-hybridized carbons (Fsp3) is 0.455. The largest absolute Gasteiger partial charge is 0.497 e. The third kappa shape index (κ3) is 5.13. The molecule has 2 aromatic heterocycles. The molecule has 1 fully saturated rings. The van der Waals surface area contributed by atoms with Gasteiger partial charge < -0.3 is 10.1 Å². The molecule has 0 radical (unpaired) electrons. The van der Waals surface area contributed by atoms with Gasteiger partial charge in [0.05, 0.1) is 36.0 Å². The lowest BCUT2D eigenvalue weighted by atomic mass is 10.1. The predicted molar refractivity (Wildman–Crippen MR) is 128 cm³/mol. The highest BCUT2D eigenvalue weighted by Gasteiger charge is 2.31. The molecule has 3 heterocycles. The fourth-order valence-electron chi connectivity index (χ4n) is 4.09. The molecule has 1 N–H and O–H groups in total. The normalized spacial score (nSPS) is 17.7. The van der Waals surface area contributed by atoms with Crippen molar-refractivity contribution in [3.8, 4) is 5.75 Å². The monoisotopic (exact) mass is 475 g/mol. The zero-order valence-corrected chi connectivity index (χ0v) is 20.5. The van der Waals surface area contributed by atoms with E-state index >= 15 is 0 Å². The molecule has 32 heavy (non-hydrogen) atoms. The Bertz CT molecular complexity index is 1180. The van der Waals surface area contributed by atoms with Gasteiger partial charge in [-0.2, -0.15) is 5.10 Å². The van der Waals surface area contributed by atoms with Crippen molar-refractivity contribution in [2.45, 2.75) is 39.4 Å². The Hall–Kier alpha value is -2.43. The number of ether oxygens (including phenoxy) is 1. The number of thiazole rings is 1. The van der Waals surface area contributed by atoms with Crippen LogP contribution in [0.2, 0.25) is 0 Å². The van der Waals surface area contributed by atoms with Crippen molar-refractivity contribution in [2.24, 2.45) is 0 Å². The summed E-state index contributed by atoms with van der Waals surface area (Å²) in [6.45, 7) is 5.47. The van der Waals surface area contributed by atoms with Crippen molar-refractivity contribution < 1.29 is 13.2 Å². The standard InChI is InChI=1S/C22H29N5O3S2/c1-15-21(16(2)27(25-15)19-9-10-32(28,29)14-19)12-26(3)11-18-13-31-22(24-18)23-17-5-7-20(30-4)8-6-17/h5-8,13,19H,9-12,14H2,1-4H3,(H,23,24). The molecule has 1 aliphatic heterocycles. The third-order valence-corrected chi connectivity index (χ3v) is 8.34. The van der Waals surface area contributed by atoms with Crippen LogP contribution in [-0.2, 0) is 22.9 Å². The van der Waals surface area contributed by atoms with E-state index in [1.54, 1.807) is 18.4 Å². The summed E-state index contributed by atoms with van der Waals surface area (Å²) in [5, 5.41) is 10.9. The lowest BCUT2D eigenvalue weighted by Gasteiger charge is -2.16. The van der Waals surface area contributed by atoms with E-state index in [0.717, 1.165) is 45.8 Å². The van der Waals surface area contributed by atoms with Crippen LogP contribution in [0.1, 0.15) is 35.1 Å². The average Bonchev–Trinajstić information content (AvgIpc) is 3.42. The van der Waals surface area contributed by atoms with Crippen molar-refractivity contribution >= 4 is 32.0 Å². The minimum atomic E-state index is -2.94. The number of sulfone groups is 1. The second kappa shape index (κ2) is 9.21. The van der Waals surface area contributed by atoms with E-state index in [0.29, 0.717) is 13.0 Å². The molecule has 0 bridgehead atoms. The summed E-state index contributed by atoms with van der Waals surface area (Å²) in [6, 6.07) is 7.70. The number of nitrogens with one attached hydrogen (secondary N) is 1. The maximum Gasteiger partial charge on any atom is 0.187 e. The van der Waals surface area contributed by atoms with Gasteiger partial charge in [0.1, 0.15) is 5.75 Å². The lowest BCUT2D eigenvalue weighted by Crippen LogP contribution is -2.19. The maximum atomic E-state index is 11.9. The molecule has 1 atom stereocenters. The lowest BCUT2D eigenvalue weighted by molar-refractivity contribution is 0.314. The molecule has 3 aromatic rings. The minimum absolute atomic E-state index is 0.0529. The number of hydrogen-bond donors (Lipinski definition) is 1. The van der Waals surface area contributed by atoms with Crippen LogP contribution in [0.25, 0.3) is 0 Å². The SMILES string of the molecule is COc1ccc(Nc2nc(CN(C)Cc3c(C)nn(C4CCS(=O)(=O)C4)c3C)cs2)cc1. The van der Waals surface area contributed by atoms with Crippen molar-refractivity contribution in [1.29, 1.82) is 0 Å². The van der Waals surface area contributed by atoms with Crippen LogP contribution in [-0.4, -0.2) is 53.7 Å². The molecule has 0 amide bonds. The molecule has 0 saturated carbocycles. The second-order valence-electron chi connectivity index (χ2n) is 8.32. The van der Waals surface area contributed by atoms with E-state index in [4.69, 9.17) is 9.72 Å². The molecule has 1 aromatic carbocycles. The first-order valence-electron chi connectivity index (χ1n) is 10.5. The minimum Gasteiger partial charge on any atom is -0.497 e. The number of methoxy groups -OCH3 is 1. The summed E-state index contributed by atoms with van der Waals surface area (Å²) >= 11 is 1.58. The number of anilines is 2. The average molecular weight is 476 g/mol. The smallest absolute Gasteiger partial charge is 0.187 e. The van der Waals surface area contributed by atoms with Crippen LogP contribution >= 0.6 is 11.3 Å². The van der Waals surface area contributed by atoms with Gasteiger partial charge in [-0.05, 0) is 51.6 Å². The van der Waals surface area contributed by atoms with Crippen molar-refractivity contribution in [2.75, 3.05) is 31.0 Å². The zero-order valence-electron chi connectivity index (χ0n) is 18.8. The first-order valence-corrected chi connectivity index (χ1v) is 13.2. The summed E-state index contributed by atoms with van der Waals surface area (Å²) in [5.74, 6) is 1.26. The van der Waals surface area contributed by atoms with Crippen molar-refractivity contribution in [3.63, 3.8) is 0 Å². The molecule has 4 rings (SSSR count). The van der Waals surface area contributed by atoms with E-state index in [1.165, 1.54) is 0 Å². The molecule has 1 saturated heterocycles. The van der Waals surface area contributed by atoms with Crippen molar-refractivity contribution in [1.82, 2.24) is 19.7 Å². The first kappa shape index (κ1) is 22.8. The number of hydrogen-bond acceptors (Lipinski definition) is 8. The summed E-state index contributed by atoms with van der Waals surface area (Å²) in [7, 11) is 0.771. The molecule has 0 spiro atoms. The Morgan fingerprint density at radius 3 is 2.66 bits per heavy atom. The Labute approximate surface area is 193 Å². The van der Waals surface area contributed by atoms with Crippen LogP contribution in [0.5, 0.6) is 5.75 Å². The molecule has 172 valence electrons. The van der Waals surface area contributed by atoms with E-state index in [2.05, 4.69) is 27.7 Å². The van der Waals surface area contributed by atoms with Crippen LogP contribution in [0, 0.1) is 13.8 Å². The van der Waals surface area contributed by atoms with Gasteiger partial charge in [0, 0.05) is 35.4 Å². The summed E-state index contributed by atoms with van der Waals surface area (Å²) in [4.78, 5) is 6.91. The number of aromatic nitrogens is 3. The molecular formula is C22H29N5O3S2. The fourth-order valence-corrected chi connectivity index (χ4v) is 6.50. The molecule has 1 aliphatic rings. The van der Waals surface area contributed by atoms with Crippen LogP contribution in [0.3, 0.4) is 0 Å². The first-order chi connectivity index (χ1) is 15.2. The summed E-state index contributed by atoms with van der Waals surface area (Å²) in [5.41, 5.74) is 5.13. The number of benzene rings is 1. The Kier molecular flexibility index (Phi) is 6.55. The highest BCUT2D eigenvalue weighted by molar-refractivity contribution is 7.91. The van der Waals surface area contributed by atoms with Gasteiger partial charge in [-0.15, -0.1) is 11.3 Å².